The van der Waals surface area contributed by atoms with Gasteiger partial charge in [0.2, 0.25) is 5.91 Å². The van der Waals surface area contributed by atoms with E-state index in [1.807, 2.05) is 0 Å². The molecule has 3 aliphatic rings. The summed E-state index contributed by atoms with van der Waals surface area (Å²) in [6.45, 7) is -0.545. The molecule has 0 aliphatic carbocycles. The molecule has 0 aromatic heterocycles. The summed E-state index contributed by atoms with van der Waals surface area (Å²) in [5.74, 6) is -5.85. The van der Waals surface area contributed by atoms with Crippen molar-refractivity contribution >= 4 is 47.3 Å². The third-order valence-electron chi connectivity index (χ3n) is 6.04. The van der Waals surface area contributed by atoms with Gasteiger partial charge in [0.25, 0.3) is 17.7 Å². The zero-order valence-electron chi connectivity index (χ0n) is 20.1. The molecule has 0 bridgehead atoms. The predicted octanol–water partition coefficient (Wildman–Crippen LogP) is -9.02. The molecule has 4 amide bonds. The Hall–Kier alpha value is -0.437. The molecule has 1 saturated heterocycles. The number of nitrogens with one attached hydrogen (secondary N) is 1. The van der Waals surface area contributed by atoms with Gasteiger partial charge in [0, 0.05) is 12.2 Å². The smallest absolute Gasteiger partial charge is 0.548 e. The first-order chi connectivity index (χ1) is 16.7. The molecule has 1 unspecified atom stereocenters. The Balaban J connectivity index is 0.00000241. The number of carboxylic acid groups (broad SMARTS) is 2. The van der Waals surface area contributed by atoms with Crippen molar-refractivity contribution in [2.45, 2.75) is 36.7 Å². The summed E-state index contributed by atoms with van der Waals surface area (Å²) in [6, 6.07) is 3.38. The summed E-state index contributed by atoms with van der Waals surface area (Å²) < 4.78 is 0. The summed E-state index contributed by atoms with van der Waals surface area (Å²) in [5, 5.41) is 34.2. The van der Waals surface area contributed by atoms with Crippen LogP contribution < -0.4 is 118 Å². The van der Waals surface area contributed by atoms with E-state index in [1.165, 1.54) is 23.9 Å². The number of aliphatic hydroxyl groups is 1. The third-order valence-corrected chi connectivity index (χ3v) is 7.38. The van der Waals surface area contributed by atoms with Crippen LogP contribution in [0.15, 0.2) is 35.5 Å². The quantitative estimate of drug-likeness (QED) is 0.162. The van der Waals surface area contributed by atoms with Crippen LogP contribution in [0.4, 0.5) is 0 Å². The number of carbonyl (C=O) groups is 6. The molecule has 0 spiro atoms. The van der Waals surface area contributed by atoms with E-state index < -0.39 is 65.3 Å². The van der Waals surface area contributed by atoms with Crippen LogP contribution in [0.2, 0.25) is 0 Å². The Kier molecular flexibility index (Phi) is 12.2. The number of carbonyl (C=O) groups excluding carboxylic acids is 6. The van der Waals surface area contributed by atoms with Gasteiger partial charge in [-0.3, -0.25) is 29.0 Å². The SMILES string of the molecule is O=C(CCCC(C(=O)[O-])N1C(=O)c2ccccc2C1=O)N[C@H]1C(=O)N2C(C(=O)[O-])=C(CO)CS[C@@H]12.[K+].[K+]. The summed E-state index contributed by atoms with van der Waals surface area (Å²) in [7, 11) is 0. The van der Waals surface area contributed by atoms with Crippen molar-refractivity contribution in [1.82, 2.24) is 15.1 Å². The van der Waals surface area contributed by atoms with Gasteiger partial charge in [-0.2, -0.15) is 0 Å². The van der Waals surface area contributed by atoms with Gasteiger partial charge in [-0.1, -0.05) is 12.1 Å². The van der Waals surface area contributed by atoms with Crippen LogP contribution in [-0.4, -0.2) is 80.3 Å². The van der Waals surface area contributed by atoms with Crippen molar-refractivity contribution in [1.29, 1.82) is 0 Å². The Labute approximate surface area is 300 Å². The summed E-state index contributed by atoms with van der Waals surface area (Å²) in [4.78, 5) is 74.6. The molecule has 3 aliphatic heterocycles. The number of benzene rings is 1. The molecule has 4 rings (SSSR count). The Morgan fingerprint density at radius 1 is 1.08 bits per heavy atom. The Morgan fingerprint density at radius 3 is 2.19 bits per heavy atom. The van der Waals surface area contributed by atoms with Crippen LogP contribution in [0, 0.1) is 0 Å². The number of fused-ring (bicyclic) bond motifs is 2. The van der Waals surface area contributed by atoms with Crippen LogP contribution >= 0.6 is 11.8 Å². The second kappa shape index (κ2) is 13.8. The van der Waals surface area contributed by atoms with Gasteiger partial charge in [0.1, 0.15) is 11.4 Å². The fraction of sp³-hybridized carbons (Fsp3) is 0.364. The molecular formula is C22H19K2N3O9S. The van der Waals surface area contributed by atoms with Crippen molar-refractivity contribution in [3.63, 3.8) is 0 Å². The molecule has 3 heterocycles. The number of aliphatic carboxylic acids is 2. The maximum Gasteiger partial charge on any atom is 1.00 e. The zero-order chi connectivity index (χ0) is 25.4. The number of β-lactam (4-membered cyclic amide) rings is 1. The Bertz CT molecular complexity index is 1160. The predicted molar refractivity (Wildman–Crippen MR) is 114 cm³/mol. The molecule has 37 heavy (non-hydrogen) atoms. The number of hydrogen-bond donors (Lipinski definition) is 2. The van der Waals surface area contributed by atoms with Crippen LogP contribution in [0.25, 0.3) is 0 Å². The van der Waals surface area contributed by atoms with E-state index >= 15 is 0 Å². The minimum atomic E-state index is -1.63. The monoisotopic (exact) mass is 579 g/mol. The molecule has 12 nitrogen and oxygen atoms in total. The van der Waals surface area contributed by atoms with E-state index in [1.54, 1.807) is 12.1 Å². The van der Waals surface area contributed by atoms with Crippen LogP contribution in [0.1, 0.15) is 40.0 Å². The average Bonchev–Trinajstić information content (AvgIpc) is 3.08. The standard InChI is InChI=1S/C22H21N3O9S.2K/c26-8-10-9-35-20-15(19(30)25(20)16(10)22(33)34)23-14(27)7-3-6-13(21(31)32)24-17(28)11-4-1-2-5-12(11)18(24)29;;/h1-2,4-5,13,15,20,26H,3,6-9H2,(H,23,27)(H,31,32)(H,33,34);;/q;2*+1/p-2/t13?,15-,20-;;/m0../s1. The number of aliphatic hydroxyl groups excluding tert-OH is 1. The van der Waals surface area contributed by atoms with Crippen LogP contribution in [0.5, 0.6) is 0 Å². The van der Waals surface area contributed by atoms with Crippen molar-refractivity contribution < 1.29 is 147 Å². The number of nitrogens with zero attached hydrogens (tertiary/aromatic N) is 2. The molecule has 1 fully saturated rings. The van der Waals surface area contributed by atoms with Gasteiger partial charge in [0.05, 0.1) is 41.4 Å². The van der Waals surface area contributed by atoms with E-state index in [2.05, 4.69) is 5.32 Å². The number of amides is 4. The van der Waals surface area contributed by atoms with Crippen molar-refractivity contribution in [2.24, 2.45) is 0 Å². The summed E-state index contributed by atoms with van der Waals surface area (Å²) in [6.07, 6.45) is -0.472. The normalized spacial score (nSPS) is 20.7. The number of rotatable bonds is 9. The largest absolute Gasteiger partial charge is 1.00 e. The fourth-order valence-electron chi connectivity index (χ4n) is 4.34. The maximum atomic E-state index is 12.6. The van der Waals surface area contributed by atoms with E-state index in [0.717, 1.165) is 4.90 Å². The molecular weight excluding hydrogens is 561 g/mol. The summed E-state index contributed by atoms with van der Waals surface area (Å²) >= 11 is 1.18. The van der Waals surface area contributed by atoms with Gasteiger partial charge >= 0.3 is 103 Å². The minimum Gasteiger partial charge on any atom is -0.548 e. The van der Waals surface area contributed by atoms with E-state index in [4.69, 9.17) is 0 Å². The van der Waals surface area contributed by atoms with Gasteiger partial charge in [0.15, 0.2) is 0 Å². The van der Waals surface area contributed by atoms with E-state index in [0.29, 0.717) is 4.90 Å². The van der Waals surface area contributed by atoms with Crippen LogP contribution in [-0.2, 0) is 19.2 Å². The first-order valence-corrected chi connectivity index (χ1v) is 11.7. The first-order valence-electron chi connectivity index (χ1n) is 10.6. The minimum absolute atomic E-state index is 0. The van der Waals surface area contributed by atoms with E-state index in [-0.39, 0.29) is 144 Å². The average molecular weight is 580 g/mol. The number of imide groups is 1. The topological polar surface area (TPSA) is 187 Å². The van der Waals surface area contributed by atoms with Gasteiger partial charge < -0.3 is 30.2 Å². The second-order valence-electron chi connectivity index (χ2n) is 8.11. The molecule has 3 atom stereocenters. The molecule has 1 aromatic rings. The second-order valence-corrected chi connectivity index (χ2v) is 9.21. The first kappa shape index (κ1) is 32.8. The molecule has 184 valence electrons. The molecule has 0 radical (unpaired) electrons. The van der Waals surface area contributed by atoms with Crippen LogP contribution in [0.3, 0.4) is 0 Å². The molecule has 2 N–H and O–H groups in total. The maximum absolute atomic E-state index is 12.6. The van der Waals surface area contributed by atoms with Gasteiger partial charge in [-0.25, -0.2) is 0 Å². The molecule has 0 saturated carbocycles. The third kappa shape index (κ3) is 6.33. The summed E-state index contributed by atoms with van der Waals surface area (Å²) in [5.41, 5.74) is -0.0712. The number of hydrogen-bond acceptors (Lipinski definition) is 10. The molecule has 1 aromatic carbocycles. The van der Waals surface area contributed by atoms with E-state index in [9.17, 15) is 44.1 Å². The van der Waals surface area contributed by atoms with Crippen molar-refractivity contribution in [3.8, 4) is 0 Å². The molecule has 15 heteroatoms. The van der Waals surface area contributed by atoms with Crippen molar-refractivity contribution in [2.75, 3.05) is 12.4 Å². The zero-order valence-corrected chi connectivity index (χ0v) is 27.2. The van der Waals surface area contributed by atoms with Gasteiger partial charge in [-0.15, -0.1) is 11.8 Å². The van der Waals surface area contributed by atoms with Gasteiger partial charge in [-0.05, 0) is 30.5 Å². The Morgan fingerprint density at radius 2 is 1.68 bits per heavy atom. The number of thioether (sulfide) groups is 1. The number of carboxylic acids is 2. The van der Waals surface area contributed by atoms with Crippen molar-refractivity contribution in [3.05, 3.63) is 46.7 Å². The fourth-order valence-corrected chi connectivity index (χ4v) is 5.67.